The van der Waals surface area contributed by atoms with Gasteiger partial charge >= 0.3 is 5.97 Å². The van der Waals surface area contributed by atoms with Crippen LogP contribution in [0.5, 0.6) is 0 Å². The Kier molecular flexibility index (Phi) is 5.74. The number of aromatic carboxylic acids is 1. The molecule has 0 saturated carbocycles. The molecule has 2 aromatic carbocycles. The molecule has 0 bridgehead atoms. The van der Waals surface area contributed by atoms with Crippen LogP contribution in [0.3, 0.4) is 0 Å². The fourth-order valence-corrected chi connectivity index (χ4v) is 4.01. The molecule has 0 spiro atoms. The van der Waals surface area contributed by atoms with Crippen molar-refractivity contribution < 1.29 is 14.6 Å². The molecule has 0 radical (unpaired) electrons. The lowest BCUT2D eigenvalue weighted by atomic mass is 9.95. The number of nitrogens with one attached hydrogen (secondary N) is 1. The number of aryl methyl sites for hydroxylation is 1. The van der Waals surface area contributed by atoms with E-state index in [-0.39, 0.29) is 11.6 Å². The molecule has 1 fully saturated rings. The monoisotopic (exact) mass is 416 g/mol. The number of anilines is 2. The Bertz CT molecular complexity index is 1180. The Morgan fingerprint density at radius 2 is 2.00 bits per heavy atom. The molecule has 7 heteroatoms. The van der Waals surface area contributed by atoms with E-state index in [1.165, 1.54) is 0 Å². The molecule has 158 valence electrons. The third-order valence-corrected chi connectivity index (χ3v) is 5.63. The van der Waals surface area contributed by atoms with Crippen LogP contribution in [0.2, 0.25) is 0 Å². The molecule has 1 atom stereocenters. The maximum Gasteiger partial charge on any atom is 0.337 e. The lowest BCUT2D eigenvalue weighted by Gasteiger charge is -2.28. The average molecular weight is 416 g/mol. The van der Waals surface area contributed by atoms with Crippen LogP contribution in [0.4, 0.5) is 11.5 Å². The summed E-state index contributed by atoms with van der Waals surface area (Å²) in [6, 6.07) is 14.8. The van der Waals surface area contributed by atoms with E-state index in [9.17, 15) is 15.2 Å². The van der Waals surface area contributed by atoms with Crippen molar-refractivity contribution in [2.24, 2.45) is 0 Å². The van der Waals surface area contributed by atoms with E-state index in [4.69, 9.17) is 9.72 Å². The highest BCUT2D eigenvalue weighted by Gasteiger charge is 2.20. The predicted octanol–water partition coefficient (Wildman–Crippen LogP) is 4.12. The standard InChI is InChI=1S/C24H24N4O3/c1-15-13-19(16(2)26-21-6-4-3-5-18(21)24(29)30)23-17(20(15)14-25)7-8-22(27-23)28-9-11-31-12-10-28/h3-8,13,16,26H,9-12H2,1-2H3,(H,29,30). The molecule has 3 aromatic rings. The van der Waals surface area contributed by atoms with E-state index in [0.29, 0.717) is 24.5 Å². The number of fused-ring (bicyclic) bond motifs is 1. The number of para-hydroxylation sites is 1. The lowest BCUT2D eigenvalue weighted by molar-refractivity contribution is 0.0698. The minimum atomic E-state index is -0.983. The van der Waals surface area contributed by atoms with E-state index in [0.717, 1.165) is 40.9 Å². The molecular weight excluding hydrogens is 392 g/mol. The van der Waals surface area contributed by atoms with Gasteiger partial charge in [-0.25, -0.2) is 9.78 Å². The number of aromatic nitrogens is 1. The fourth-order valence-electron chi connectivity index (χ4n) is 4.01. The first-order valence-electron chi connectivity index (χ1n) is 10.3. The van der Waals surface area contributed by atoms with Crippen LogP contribution >= 0.6 is 0 Å². The van der Waals surface area contributed by atoms with E-state index in [2.05, 4.69) is 16.3 Å². The SMILES string of the molecule is Cc1cc(C(C)Nc2ccccc2C(=O)O)c2nc(N3CCOCC3)ccc2c1C#N. The summed E-state index contributed by atoms with van der Waals surface area (Å²) in [7, 11) is 0. The summed E-state index contributed by atoms with van der Waals surface area (Å²) in [6.07, 6.45) is 0. The zero-order valence-corrected chi connectivity index (χ0v) is 17.6. The topological polar surface area (TPSA) is 98.5 Å². The Labute approximate surface area is 180 Å². The Morgan fingerprint density at radius 3 is 2.71 bits per heavy atom. The molecule has 31 heavy (non-hydrogen) atoms. The van der Waals surface area contributed by atoms with E-state index in [1.807, 2.05) is 32.0 Å². The van der Waals surface area contributed by atoms with Crippen molar-refractivity contribution in [3.63, 3.8) is 0 Å². The minimum absolute atomic E-state index is 0.214. The van der Waals surface area contributed by atoms with Crippen molar-refractivity contribution in [2.75, 3.05) is 36.5 Å². The van der Waals surface area contributed by atoms with Crippen molar-refractivity contribution >= 4 is 28.4 Å². The number of carboxylic acid groups (broad SMARTS) is 1. The highest BCUT2D eigenvalue weighted by molar-refractivity contribution is 5.95. The Morgan fingerprint density at radius 1 is 1.26 bits per heavy atom. The van der Waals surface area contributed by atoms with E-state index < -0.39 is 5.97 Å². The summed E-state index contributed by atoms with van der Waals surface area (Å²) in [6.45, 7) is 6.74. The number of morpholine rings is 1. The third kappa shape index (κ3) is 4.03. The van der Waals surface area contributed by atoms with Gasteiger partial charge in [-0.15, -0.1) is 0 Å². The number of hydrogen-bond acceptors (Lipinski definition) is 6. The van der Waals surface area contributed by atoms with E-state index >= 15 is 0 Å². The van der Waals surface area contributed by atoms with Crippen LogP contribution in [-0.4, -0.2) is 42.4 Å². The van der Waals surface area contributed by atoms with Crippen LogP contribution in [0.15, 0.2) is 42.5 Å². The van der Waals surface area contributed by atoms with Crippen molar-refractivity contribution in [2.45, 2.75) is 19.9 Å². The Hall–Kier alpha value is -3.63. The minimum Gasteiger partial charge on any atom is -0.478 e. The first-order chi connectivity index (χ1) is 15.0. The number of carboxylic acids is 1. The number of rotatable bonds is 5. The number of pyridine rings is 1. The zero-order valence-electron chi connectivity index (χ0n) is 17.6. The van der Waals surface area contributed by atoms with Crippen LogP contribution in [-0.2, 0) is 4.74 Å². The molecule has 2 heterocycles. The van der Waals surface area contributed by atoms with Gasteiger partial charge < -0.3 is 20.1 Å². The summed E-state index contributed by atoms with van der Waals surface area (Å²) < 4.78 is 5.45. The van der Waals surface area contributed by atoms with Gasteiger partial charge in [0.2, 0.25) is 0 Å². The van der Waals surface area contributed by atoms with Crippen LogP contribution in [0, 0.1) is 18.3 Å². The molecule has 1 aliphatic heterocycles. The summed E-state index contributed by atoms with van der Waals surface area (Å²) in [5, 5.41) is 23.3. The maximum absolute atomic E-state index is 11.6. The summed E-state index contributed by atoms with van der Waals surface area (Å²) in [4.78, 5) is 18.7. The number of benzene rings is 2. The summed E-state index contributed by atoms with van der Waals surface area (Å²) in [5.41, 5.74) is 3.90. The van der Waals surface area contributed by atoms with Gasteiger partial charge in [0.25, 0.3) is 0 Å². The van der Waals surface area contributed by atoms with Crippen LogP contribution in [0.25, 0.3) is 10.9 Å². The third-order valence-electron chi connectivity index (χ3n) is 5.63. The fraction of sp³-hybridized carbons (Fsp3) is 0.292. The van der Waals surface area contributed by atoms with Gasteiger partial charge in [-0.1, -0.05) is 18.2 Å². The number of nitriles is 1. The van der Waals surface area contributed by atoms with Gasteiger partial charge in [0.15, 0.2) is 0 Å². The molecule has 0 amide bonds. The first kappa shape index (κ1) is 20.6. The second-order valence-corrected chi connectivity index (χ2v) is 7.65. The molecule has 7 nitrogen and oxygen atoms in total. The quantitative estimate of drug-likeness (QED) is 0.645. The molecule has 1 saturated heterocycles. The molecule has 0 aliphatic carbocycles. The van der Waals surface area contributed by atoms with Gasteiger partial charge in [0.1, 0.15) is 11.9 Å². The average Bonchev–Trinajstić information content (AvgIpc) is 2.79. The van der Waals surface area contributed by atoms with Gasteiger partial charge in [-0.05, 0) is 43.7 Å². The number of nitrogens with zero attached hydrogens (tertiary/aromatic N) is 3. The Balaban J connectivity index is 1.80. The van der Waals surface area contributed by atoms with Crippen molar-refractivity contribution in [1.29, 1.82) is 5.26 Å². The predicted molar refractivity (Wildman–Crippen MR) is 120 cm³/mol. The number of ether oxygens (including phenoxy) is 1. The van der Waals surface area contributed by atoms with Crippen LogP contribution < -0.4 is 10.2 Å². The van der Waals surface area contributed by atoms with Crippen molar-refractivity contribution in [1.82, 2.24) is 4.98 Å². The zero-order chi connectivity index (χ0) is 22.0. The molecule has 4 rings (SSSR count). The maximum atomic E-state index is 11.6. The second-order valence-electron chi connectivity index (χ2n) is 7.65. The van der Waals surface area contributed by atoms with Gasteiger partial charge in [0, 0.05) is 29.7 Å². The molecule has 1 unspecified atom stereocenters. The normalized spacial score (nSPS) is 14.8. The van der Waals surface area contributed by atoms with Gasteiger partial charge in [-0.3, -0.25) is 0 Å². The molecule has 1 aliphatic rings. The van der Waals surface area contributed by atoms with Crippen LogP contribution in [0.1, 0.15) is 40.0 Å². The highest BCUT2D eigenvalue weighted by atomic mass is 16.5. The van der Waals surface area contributed by atoms with Gasteiger partial charge in [-0.2, -0.15) is 5.26 Å². The summed E-state index contributed by atoms with van der Waals surface area (Å²) in [5.74, 6) is -0.133. The molecule has 2 N–H and O–H groups in total. The number of carbonyl (C=O) groups is 1. The smallest absolute Gasteiger partial charge is 0.337 e. The van der Waals surface area contributed by atoms with E-state index in [1.54, 1.807) is 24.3 Å². The largest absolute Gasteiger partial charge is 0.478 e. The summed E-state index contributed by atoms with van der Waals surface area (Å²) >= 11 is 0. The van der Waals surface area contributed by atoms with Gasteiger partial charge in [0.05, 0.1) is 35.9 Å². The lowest BCUT2D eigenvalue weighted by Crippen LogP contribution is -2.36. The molecular formula is C24H24N4O3. The second kappa shape index (κ2) is 8.62. The molecule has 1 aromatic heterocycles. The van der Waals surface area contributed by atoms with Crippen molar-refractivity contribution in [3.8, 4) is 6.07 Å². The number of hydrogen-bond donors (Lipinski definition) is 2. The van der Waals surface area contributed by atoms with Crippen molar-refractivity contribution in [3.05, 3.63) is 64.7 Å². The first-order valence-corrected chi connectivity index (χ1v) is 10.3. The highest BCUT2D eigenvalue weighted by Crippen LogP contribution is 2.32.